The number of ether oxygens (including phenoxy) is 2. The summed E-state index contributed by atoms with van der Waals surface area (Å²) in [4.78, 5) is 14.3. The number of fused-ring (bicyclic) bond motifs is 1. The Labute approximate surface area is 165 Å². The molecule has 0 fully saturated rings. The van der Waals surface area contributed by atoms with Gasteiger partial charge in [0.15, 0.2) is 6.61 Å². The number of hydrogen-bond donors (Lipinski definition) is 1. The van der Waals surface area contributed by atoms with Gasteiger partial charge in [0.05, 0.1) is 13.2 Å². The van der Waals surface area contributed by atoms with Gasteiger partial charge in [-0.25, -0.2) is 0 Å². The molecule has 0 bridgehead atoms. The van der Waals surface area contributed by atoms with Gasteiger partial charge < -0.3 is 19.7 Å². The van der Waals surface area contributed by atoms with Crippen LogP contribution < -0.4 is 14.8 Å². The molecule has 0 aromatic heterocycles. The second-order valence-electron chi connectivity index (χ2n) is 6.85. The lowest BCUT2D eigenvalue weighted by Crippen LogP contribution is -2.36. The summed E-state index contributed by atoms with van der Waals surface area (Å²) in [5.41, 5.74) is 1.11. The van der Waals surface area contributed by atoms with Crippen molar-refractivity contribution in [3.63, 3.8) is 0 Å². The van der Waals surface area contributed by atoms with E-state index >= 15 is 0 Å². The van der Waals surface area contributed by atoms with Crippen LogP contribution in [0.5, 0.6) is 11.5 Å². The first kappa shape index (κ1) is 19.7. The highest BCUT2D eigenvalue weighted by atomic mass is 16.5. The minimum Gasteiger partial charge on any atom is -0.497 e. The number of likely N-dealkylation sites (N-methyl/N-ethyl adjacent to an activating group) is 1. The van der Waals surface area contributed by atoms with E-state index in [1.807, 2.05) is 80.8 Å². The normalized spacial score (nSPS) is 12.0. The molecule has 1 amide bonds. The molecule has 3 aromatic rings. The molecule has 0 aliphatic rings. The molecule has 1 N–H and O–H groups in total. The molecule has 5 heteroatoms. The van der Waals surface area contributed by atoms with Crippen molar-refractivity contribution in [3.8, 4) is 11.5 Å². The van der Waals surface area contributed by atoms with Crippen LogP contribution in [0.2, 0.25) is 0 Å². The van der Waals surface area contributed by atoms with Crippen molar-refractivity contribution in [2.24, 2.45) is 0 Å². The second-order valence-corrected chi connectivity index (χ2v) is 6.85. The molecule has 0 heterocycles. The lowest BCUT2D eigenvalue weighted by atomic mass is 10.1. The predicted molar refractivity (Wildman–Crippen MR) is 112 cm³/mol. The highest BCUT2D eigenvalue weighted by molar-refractivity contribution is 5.84. The quantitative estimate of drug-likeness (QED) is 0.650. The van der Waals surface area contributed by atoms with Crippen LogP contribution in [-0.4, -0.2) is 45.2 Å². The molecule has 0 aliphatic carbocycles. The Morgan fingerprint density at radius 2 is 1.64 bits per heavy atom. The molecule has 0 saturated heterocycles. The zero-order valence-electron chi connectivity index (χ0n) is 16.5. The molecular formula is C23H26N2O3. The fourth-order valence-corrected chi connectivity index (χ4v) is 3.09. The van der Waals surface area contributed by atoms with Gasteiger partial charge in [-0.15, -0.1) is 0 Å². The third kappa shape index (κ3) is 5.02. The minimum atomic E-state index is -0.145. The maximum Gasteiger partial charge on any atom is 0.258 e. The molecule has 3 rings (SSSR count). The van der Waals surface area contributed by atoms with Crippen LogP contribution in [0.25, 0.3) is 10.8 Å². The smallest absolute Gasteiger partial charge is 0.258 e. The summed E-state index contributed by atoms with van der Waals surface area (Å²) in [5, 5.41) is 5.20. The highest BCUT2D eigenvalue weighted by Gasteiger charge is 2.15. The summed E-state index contributed by atoms with van der Waals surface area (Å²) >= 11 is 0. The maximum absolute atomic E-state index is 12.3. The predicted octanol–water partition coefficient (Wildman–Crippen LogP) is 3.65. The van der Waals surface area contributed by atoms with Crippen molar-refractivity contribution >= 4 is 16.7 Å². The first-order valence-corrected chi connectivity index (χ1v) is 9.25. The molecule has 0 aliphatic heterocycles. The molecule has 1 atom stereocenters. The van der Waals surface area contributed by atoms with Crippen LogP contribution >= 0.6 is 0 Å². The van der Waals surface area contributed by atoms with E-state index in [-0.39, 0.29) is 18.6 Å². The number of rotatable bonds is 8. The summed E-state index contributed by atoms with van der Waals surface area (Å²) in [5.74, 6) is 1.36. The Balaban J connectivity index is 1.55. The van der Waals surface area contributed by atoms with Crippen molar-refractivity contribution in [3.05, 3.63) is 72.3 Å². The Morgan fingerprint density at radius 1 is 0.964 bits per heavy atom. The van der Waals surface area contributed by atoms with E-state index in [1.165, 1.54) is 0 Å². The Morgan fingerprint density at radius 3 is 2.32 bits per heavy atom. The third-order valence-electron chi connectivity index (χ3n) is 4.71. The largest absolute Gasteiger partial charge is 0.497 e. The summed E-state index contributed by atoms with van der Waals surface area (Å²) in [6.07, 6.45) is 0. The average molecular weight is 378 g/mol. The van der Waals surface area contributed by atoms with Crippen LogP contribution in [0.15, 0.2) is 66.7 Å². The standard InChI is InChI=1S/C23H26N2O3/c1-25(2)22(18-9-11-20(27-3)12-10-18)15-24-23(26)16-28-21-13-8-17-6-4-5-7-19(17)14-21/h4-14,22H,15-16H2,1-3H3,(H,24,26). The number of benzene rings is 3. The fraction of sp³-hybridized carbons (Fsp3) is 0.261. The maximum atomic E-state index is 12.3. The zero-order valence-corrected chi connectivity index (χ0v) is 16.5. The fourth-order valence-electron chi connectivity index (χ4n) is 3.09. The van der Waals surface area contributed by atoms with Gasteiger partial charge in [0.1, 0.15) is 11.5 Å². The molecule has 0 spiro atoms. The Kier molecular flexibility index (Phi) is 6.50. The van der Waals surface area contributed by atoms with Crippen LogP contribution in [0.4, 0.5) is 0 Å². The highest BCUT2D eigenvalue weighted by Crippen LogP contribution is 2.22. The monoisotopic (exact) mass is 378 g/mol. The molecule has 5 nitrogen and oxygen atoms in total. The molecular weight excluding hydrogens is 352 g/mol. The first-order chi connectivity index (χ1) is 13.6. The summed E-state index contributed by atoms with van der Waals surface area (Å²) < 4.78 is 10.9. The van der Waals surface area contributed by atoms with E-state index < -0.39 is 0 Å². The van der Waals surface area contributed by atoms with Gasteiger partial charge in [-0.2, -0.15) is 0 Å². The molecule has 146 valence electrons. The molecule has 3 aromatic carbocycles. The summed E-state index contributed by atoms with van der Waals surface area (Å²) in [6, 6.07) is 21.8. The average Bonchev–Trinajstić information content (AvgIpc) is 2.72. The van der Waals surface area contributed by atoms with Gasteiger partial charge in [0, 0.05) is 6.54 Å². The topological polar surface area (TPSA) is 50.8 Å². The van der Waals surface area contributed by atoms with Crippen LogP contribution in [0, 0.1) is 0 Å². The molecule has 28 heavy (non-hydrogen) atoms. The van der Waals surface area contributed by atoms with Crippen LogP contribution in [0.3, 0.4) is 0 Å². The van der Waals surface area contributed by atoms with Crippen molar-refractivity contribution in [2.45, 2.75) is 6.04 Å². The van der Waals surface area contributed by atoms with E-state index in [4.69, 9.17) is 9.47 Å². The number of hydrogen-bond acceptors (Lipinski definition) is 4. The third-order valence-corrected chi connectivity index (χ3v) is 4.71. The van der Waals surface area contributed by atoms with Crippen molar-refractivity contribution in [2.75, 3.05) is 34.4 Å². The number of methoxy groups -OCH3 is 1. The van der Waals surface area contributed by atoms with Gasteiger partial charge in [0.25, 0.3) is 5.91 Å². The minimum absolute atomic E-state index is 0.0128. The zero-order chi connectivity index (χ0) is 19.9. The van der Waals surface area contributed by atoms with E-state index in [0.29, 0.717) is 12.3 Å². The molecule has 1 unspecified atom stereocenters. The summed E-state index contributed by atoms with van der Waals surface area (Å²) in [6.45, 7) is 0.486. The Bertz CT molecular complexity index is 923. The van der Waals surface area contributed by atoms with Gasteiger partial charge in [-0.05, 0) is 54.7 Å². The number of carbonyl (C=O) groups is 1. The Hall–Kier alpha value is -3.05. The van der Waals surface area contributed by atoms with Gasteiger partial charge >= 0.3 is 0 Å². The number of carbonyl (C=O) groups excluding carboxylic acids is 1. The lowest BCUT2D eigenvalue weighted by Gasteiger charge is -2.25. The van der Waals surface area contributed by atoms with E-state index in [2.05, 4.69) is 10.2 Å². The van der Waals surface area contributed by atoms with E-state index in [9.17, 15) is 4.79 Å². The summed E-state index contributed by atoms with van der Waals surface area (Å²) in [7, 11) is 5.63. The van der Waals surface area contributed by atoms with Gasteiger partial charge in [0.2, 0.25) is 0 Å². The lowest BCUT2D eigenvalue weighted by molar-refractivity contribution is -0.123. The van der Waals surface area contributed by atoms with E-state index in [1.54, 1.807) is 7.11 Å². The van der Waals surface area contributed by atoms with Crippen LogP contribution in [-0.2, 0) is 4.79 Å². The van der Waals surface area contributed by atoms with Gasteiger partial charge in [-0.3, -0.25) is 4.79 Å². The van der Waals surface area contributed by atoms with E-state index in [0.717, 1.165) is 22.1 Å². The van der Waals surface area contributed by atoms with Gasteiger partial charge in [-0.1, -0.05) is 42.5 Å². The number of amides is 1. The van der Waals surface area contributed by atoms with Crippen molar-refractivity contribution < 1.29 is 14.3 Å². The second kappa shape index (κ2) is 9.24. The van der Waals surface area contributed by atoms with Crippen molar-refractivity contribution in [1.82, 2.24) is 10.2 Å². The van der Waals surface area contributed by atoms with Crippen LogP contribution in [0.1, 0.15) is 11.6 Å². The van der Waals surface area contributed by atoms with Crippen molar-refractivity contribution in [1.29, 1.82) is 0 Å². The number of nitrogens with one attached hydrogen (secondary N) is 1. The first-order valence-electron chi connectivity index (χ1n) is 9.25. The molecule has 0 radical (unpaired) electrons. The number of nitrogens with zero attached hydrogens (tertiary/aromatic N) is 1. The SMILES string of the molecule is COc1ccc(C(CNC(=O)COc2ccc3ccccc3c2)N(C)C)cc1. The molecule has 0 saturated carbocycles.